The number of imide groups is 1. The predicted octanol–water partition coefficient (Wildman–Crippen LogP) is 2.64. The molecule has 47 heavy (non-hydrogen) atoms. The molecule has 2 aromatic carbocycles. The molecule has 1 fully saturated rings. The summed E-state index contributed by atoms with van der Waals surface area (Å²) in [6, 6.07) is 7.14. The maximum absolute atomic E-state index is 14.4. The Balaban J connectivity index is 1.37. The van der Waals surface area contributed by atoms with Gasteiger partial charge < -0.3 is 30.5 Å². The number of nitrogens with one attached hydrogen (secondary N) is 3. The van der Waals surface area contributed by atoms with Crippen molar-refractivity contribution < 1.29 is 42.5 Å². The summed E-state index contributed by atoms with van der Waals surface area (Å²) in [5.41, 5.74) is 1.53. The molecule has 2 aromatic rings. The summed E-state index contributed by atoms with van der Waals surface area (Å²) in [4.78, 5) is 53.1. The fourth-order valence-corrected chi connectivity index (χ4v) is 6.63. The highest BCUT2D eigenvalue weighted by Crippen LogP contribution is 2.37. The first-order chi connectivity index (χ1) is 22.5. The molecular weight excluding hydrogens is 618 g/mol. The molecule has 5 rings (SSSR count). The van der Waals surface area contributed by atoms with E-state index in [4.69, 9.17) is 9.47 Å². The van der Waals surface area contributed by atoms with Gasteiger partial charge in [0, 0.05) is 45.9 Å². The second-order valence-corrected chi connectivity index (χ2v) is 11.6. The van der Waals surface area contributed by atoms with Gasteiger partial charge in [-0.25, -0.2) is 38.1 Å². The van der Waals surface area contributed by atoms with E-state index in [0.717, 1.165) is 49.8 Å². The lowest BCUT2D eigenvalue weighted by Gasteiger charge is -2.46. The van der Waals surface area contributed by atoms with Gasteiger partial charge in [-0.15, -0.1) is 0 Å². The molecule has 0 saturated carbocycles. The van der Waals surface area contributed by atoms with Crippen molar-refractivity contribution in [2.75, 3.05) is 54.1 Å². The summed E-state index contributed by atoms with van der Waals surface area (Å²) in [5, 5.41) is 22.8. The number of urea groups is 2. The van der Waals surface area contributed by atoms with Gasteiger partial charge in [-0.3, -0.25) is 4.79 Å². The van der Waals surface area contributed by atoms with E-state index >= 15 is 0 Å². The molecule has 3 heterocycles. The normalized spacial score (nSPS) is 23.0. The maximum atomic E-state index is 14.4. The summed E-state index contributed by atoms with van der Waals surface area (Å²) >= 11 is 0. The summed E-state index contributed by atoms with van der Waals surface area (Å²) < 4.78 is 38.3. The zero-order valence-electron chi connectivity index (χ0n) is 26.3. The fourth-order valence-electron chi connectivity index (χ4n) is 6.63. The molecule has 0 unspecified atom stereocenters. The molecular formula is C32H38F2N6O7. The number of aliphatic carboxylic acids is 1. The Hall–Kier alpha value is -4.44. The molecule has 1 saturated heterocycles. The number of amides is 4. The minimum absolute atomic E-state index is 0.00592. The Labute approximate surface area is 270 Å². The number of carboxylic acid groups (broad SMARTS) is 1. The van der Waals surface area contributed by atoms with Crippen molar-refractivity contribution in [2.45, 2.75) is 36.9 Å². The third kappa shape index (κ3) is 6.98. The summed E-state index contributed by atoms with van der Waals surface area (Å²) in [6.45, 7) is 1.00. The van der Waals surface area contributed by atoms with Crippen LogP contribution in [0.3, 0.4) is 0 Å². The number of benzene rings is 2. The largest absolute Gasteiger partial charge is 0.481 e. The number of hydrazine groups is 1. The van der Waals surface area contributed by atoms with Crippen molar-refractivity contribution in [2.24, 2.45) is 0 Å². The van der Waals surface area contributed by atoms with Crippen LogP contribution in [0.1, 0.15) is 47.5 Å². The van der Waals surface area contributed by atoms with Crippen molar-refractivity contribution in [3.8, 4) is 0 Å². The Bertz CT molecular complexity index is 1570. The van der Waals surface area contributed by atoms with E-state index in [1.54, 1.807) is 0 Å². The van der Waals surface area contributed by atoms with Gasteiger partial charge in [0.2, 0.25) is 0 Å². The van der Waals surface area contributed by atoms with Crippen molar-refractivity contribution in [3.05, 3.63) is 82.1 Å². The smallest absolute Gasteiger partial charge is 0.338 e. The number of hydrogen-bond donors (Lipinski definition) is 4. The van der Waals surface area contributed by atoms with Gasteiger partial charge in [0.1, 0.15) is 6.04 Å². The number of fused-ring (bicyclic) bond motifs is 4. The van der Waals surface area contributed by atoms with Crippen LogP contribution in [0.25, 0.3) is 0 Å². The second kappa shape index (κ2) is 14.5. The maximum Gasteiger partial charge on any atom is 0.338 e. The topological polar surface area (TPSA) is 153 Å². The number of methoxy groups -OCH3 is 2. The number of halogens is 2. The average Bonchev–Trinajstić information content (AvgIpc) is 3.05. The van der Waals surface area contributed by atoms with Crippen molar-refractivity contribution in [3.63, 3.8) is 0 Å². The Morgan fingerprint density at radius 1 is 1.11 bits per heavy atom. The quantitative estimate of drug-likeness (QED) is 0.297. The monoisotopic (exact) mass is 656 g/mol. The highest BCUT2D eigenvalue weighted by molar-refractivity contribution is 6.01. The van der Waals surface area contributed by atoms with Crippen LogP contribution in [0, 0.1) is 11.6 Å². The number of carbonyl (C=O) groups excluding carboxylic acids is 3. The molecule has 0 aliphatic carbocycles. The highest BCUT2D eigenvalue weighted by atomic mass is 19.2. The fraction of sp³-hybridized carbons (Fsp3) is 0.438. The van der Waals surface area contributed by atoms with Gasteiger partial charge >= 0.3 is 24.0 Å². The summed E-state index contributed by atoms with van der Waals surface area (Å²) in [7, 11) is 4.26. The van der Waals surface area contributed by atoms with Gasteiger partial charge in [0.15, 0.2) is 11.6 Å². The molecule has 0 aromatic heterocycles. The minimum Gasteiger partial charge on any atom is -0.481 e. The van der Waals surface area contributed by atoms with Crippen LogP contribution < -0.4 is 16.0 Å². The lowest BCUT2D eigenvalue weighted by molar-refractivity contribution is -0.142. The number of carboxylic acids is 1. The van der Waals surface area contributed by atoms with E-state index in [2.05, 4.69) is 16.0 Å². The van der Waals surface area contributed by atoms with E-state index in [-0.39, 0.29) is 55.2 Å². The lowest BCUT2D eigenvalue weighted by Crippen LogP contribution is -2.57. The van der Waals surface area contributed by atoms with E-state index in [0.29, 0.717) is 4.90 Å². The molecule has 15 heteroatoms. The van der Waals surface area contributed by atoms with Crippen molar-refractivity contribution in [1.29, 1.82) is 0 Å². The van der Waals surface area contributed by atoms with Gasteiger partial charge in [0.05, 0.1) is 30.9 Å². The number of piperidine rings is 1. The molecule has 0 spiro atoms. The molecule has 0 radical (unpaired) electrons. The zero-order chi connectivity index (χ0) is 33.8. The Morgan fingerprint density at radius 2 is 1.85 bits per heavy atom. The average molecular weight is 657 g/mol. The molecule has 252 valence electrons. The van der Waals surface area contributed by atoms with Crippen LogP contribution in [0.15, 0.2) is 53.7 Å². The number of ether oxygens (including phenoxy) is 2. The number of esters is 1. The molecule has 3 aliphatic heterocycles. The van der Waals surface area contributed by atoms with Crippen LogP contribution in [0.2, 0.25) is 0 Å². The summed E-state index contributed by atoms with van der Waals surface area (Å²) in [5.74, 6) is -5.01. The predicted molar refractivity (Wildman–Crippen MR) is 164 cm³/mol. The molecule has 4 N–H and O–H groups in total. The van der Waals surface area contributed by atoms with Crippen molar-refractivity contribution in [1.82, 2.24) is 30.9 Å². The Morgan fingerprint density at radius 3 is 2.53 bits per heavy atom. The highest BCUT2D eigenvalue weighted by Gasteiger charge is 2.43. The number of likely N-dealkylation sites (N-methyl/N-ethyl adjacent to an activating group) is 1. The first kappa shape index (κ1) is 33.9. The minimum atomic E-state index is -1.47. The molecule has 3 aliphatic rings. The summed E-state index contributed by atoms with van der Waals surface area (Å²) in [6.07, 6.45) is 1.55. The second-order valence-electron chi connectivity index (χ2n) is 11.6. The first-order valence-corrected chi connectivity index (χ1v) is 15.2. The van der Waals surface area contributed by atoms with Gasteiger partial charge in [-0.05, 0) is 48.2 Å². The number of hydrogen-bond acceptors (Lipinski definition) is 9. The molecule has 2 bridgehead atoms. The van der Waals surface area contributed by atoms with E-state index in [1.807, 2.05) is 41.3 Å². The third-order valence-corrected chi connectivity index (χ3v) is 8.87. The van der Waals surface area contributed by atoms with Gasteiger partial charge in [0.25, 0.3) is 0 Å². The SMILES string of the molecule is COCC1=C(C(=O)OC)[C@H](c2ccc(F)c(F)c2)N(C(=O)NCCN(C)N2C[C@@H](C(=O)O)c3ccccc3[C@@H]3C[C@@H]2CCN3)C(=O)N1. The number of carbonyl (C=O) groups is 4. The van der Waals surface area contributed by atoms with Crippen LogP contribution in [0.5, 0.6) is 0 Å². The van der Waals surface area contributed by atoms with Crippen molar-refractivity contribution >= 4 is 24.0 Å². The Kier molecular flexibility index (Phi) is 10.5. The lowest BCUT2D eigenvalue weighted by atomic mass is 9.83. The van der Waals surface area contributed by atoms with E-state index in [1.165, 1.54) is 13.2 Å². The van der Waals surface area contributed by atoms with E-state index in [9.17, 15) is 33.1 Å². The standard InChI is InChI=1S/C32H38F2N6O7/c1-38(39-16-22(29(41)42)20-6-4-5-7-21(20)25-15-19(39)10-11-35-25)13-12-36-31(44)40-28(18-8-9-23(33)24(34)14-18)27(30(43)47-3)26(17-46-2)37-32(40)45/h4-9,14,19,22,25,28,35H,10-13,15-17H2,1-3H3,(H,36,44)(H,37,45)(H,41,42)/t19-,22+,25-,28-/m0/s1. The van der Waals surface area contributed by atoms with E-state index < -0.39 is 47.6 Å². The molecule has 13 nitrogen and oxygen atoms in total. The van der Waals surface area contributed by atoms with Crippen LogP contribution in [-0.4, -0.2) is 104 Å². The third-order valence-electron chi connectivity index (χ3n) is 8.87. The number of nitrogens with zero attached hydrogens (tertiary/aromatic N) is 3. The molecule has 4 atom stereocenters. The van der Waals surface area contributed by atoms with Gasteiger partial charge in [-0.1, -0.05) is 30.3 Å². The first-order valence-electron chi connectivity index (χ1n) is 15.2. The van der Waals surface area contributed by atoms with Crippen LogP contribution in [0.4, 0.5) is 18.4 Å². The number of rotatable bonds is 9. The zero-order valence-corrected chi connectivity index (χ0v) is 26.3. The van der Waals surface area contributed by atoms with Crippen LogP contribution >= 0.6 is 0 Å². The molecule has 4 amide bonds. The van der Waals surface area contributed by atoms with Crippen LogP contribution in [-0.2, 0) is 19.1 Å². The van der Waals surface area contributed by atoms with Gasteiger partial charge in [-0.2, -0.15) is 0 Å².